The minimum atomic E-state index is -0.208. The van der Waals surface area contributed by atoms with E-state index >= 15 is 0 Å². The molecule has 3 aromatic rings. The van der Waals surface area contributed by atoms with Gasteiger partial charge in [0.15, 0.2) is 0 Å². The maximum atomic E-state index is 12.3. The number of hydrogen-bond donors (Lipinski definition) is 1. The van der Waals surface area contributed by atoms with E-state index in [1.165, 1.54) is 5.56 Å². The van der Waals surface area contributed by atoms with Crippen LogP contribution >= 0.6 is 0 Å². The summed E-state index contributed by atoms with van der Waals surface area (Å²) in [5.41, 5.74) is 3.65. The lowest BCUT2D eigenvalue weighted by molar-refractivity contribution is 0.0946. The second-order valence-electron chi connectivity index (χ2n) is 7.71. The van der Waals surface area contributed by atoms with Gasteiger partial charge in [0.2, 0.25) is 11.7 Å². The van der Waals surface area contributed by atoms with E-state index < -0.39 is 0 Å². The number of methoxy groups -OCH3 is 1. The highest BCUT2D eigenvalue weighted by atomic mass is 16.5. The van der Waals surface area contributed by atoms with Crippen molar-refractivity contribution in [2.75, 3.05) is 7.11 Å². The van der Waals surface area contributed by atoms with Gasteiger partial charge in [0.05, 0.1) is 13.7 Å². The highest BCUT2D eigenvalue weighted by Crippen LogP contribution is 2.25. The normalized spacial score (nSPS) is 11.3. The largest absolute Gasteiger partial charge is 0.496 e. The van der Waals surface area contributed by atoms with Crippen molar-refractivity contribution in [1.29, 1.82) is 0 Å². The molecule has 0 fully saturated rings. The zero-order valence-electron chi connectivity index (χ0n) is 16.9. The summed E-state index contributed by atoms with van der Waals surface area (Å²) >= 11 is 0. The number of aromatic nitrogens is 2. The van der Waals surface area contributed by atoms with Crippen LogP contribution in [0.15, 0.2) is 47.0 Å². The van der Waals surface area contributed by atoms with Gasteiger partial charge >= 0.3 is 0 Å². The highest BCUT2D eigenvalue weighted by Gasteiger charge is 2.15. The number of nitrogens with one attached hydrogen (secondary N) is 1. The van der Waals surface area contributed by atoms with Gasteiger partial charge in [0, 0.05) is 11.1 Å². The maximum Gasteiger partial charge on any atom is 0.251 e. The first-order chi connectivity index (χ1) is 13.3. The number of carbonyl (C=O) groups is 1. The number of nitrogens with zero attached hydrogens (tertiary/aromatic N) is 2. The van der Waals surface area contributed by atoms with Crippen LogP contribution < -0.4 is 10.1 Å². The Balaban J connectivity index is 1.65. The molecule has 146 valence electrons. The molecular weight excluding hydrogens is 354 g/mol. The third-order valence-corrected chi connectivity index (χ3v) is 4.53. The van der Waals surface area contributed by atoms with E-state index in [1.807, 2.05) is 19.1 Å². The van der Waals surface area contributed by atoms with Crippen molar-refractivity contribution in [3.63, 3.8) is 0 Å². The summed E-state index contributed by atoms with van der Waals surface area (Å²) in [7, 11) is 1.60. The van der Waals surface area contributed by atoms with E-state index in [1.54, 1.807) is 25.3 Å². The fraction of sp³-hybridized carbons (Fsp3) is 0.318. The summed E-state index contributed by atoms with van der Waals surface area (Å²) in [4.78, 5) is 16.7. The predicted molar refractivity (Wildman–Crippen MR) is 107 cm³/mol. The van der Waals surface area contributed by atoms with Gasteiger partial charge in [-0.3, -0.25) is 4.79 Å². The average molecular weight is 379 g/mol. The molecule has 0 spiro atoms. The average Bonchev–Trinajstić information content (AvgIpc) is 3.14. The van der Waals surface area contributed by atoms with Gasteiger partial charge in [-0.05, 0) is 41.7 Å². The smallest absolute Gasteiger partial charge is 0.251 e. The summed E-state index contributed by atoms with van der Waals surface area (Å²) in [6.45, 7) is 8.56. The van der Waals surface area contributed by atoms with Crippen LogP contribution in [0.2, 0.25) is 0 Å². The van der Waals surface area contributed by atoms with Gasteiger partial charge in [0.1, 0.15) is 5.75 Å². The molecule has 0 aliphatic carbocycles. The van der Waals surface area contributed by atoms with Crippen LogP contribution in [0.5, 0.6) is 5.75 Å². The number of carbonyl (C=O) groups excluding carboxylic acids is 1. The molecule has 0 unspecified atom stereocenters. The van der Waals surface area contributed by atoms with Crippen LogP contribution in [0.25, 0.3) is 11.4 Å². The van der Waals surface area contributed by atoms with Crippen LogP contribution in [0.1, 0.15) is 48.1 Å². The number of aryl methyl sites for hydroxylation is 1. The first kappa shape index (κ1) is 19.6. The number of benzene rings is 2. The standard InChI is InChI=1S/C22H25N3O3/c1-14-12-16(8-11-18(14)27-5)21(26)23-13-19-24-20(25-28-19)15-6-9-17(10-7-15)22(2,3)4/h6-12H,13H2,1-5H3,(H,23,26). The zero-order chi connectivity index (χ0) is 20.3. The molecule has 28 heavy (non-hydrogen) atoms. The van der Waals surface area contributed by atoms with Crippen LogP contribution in [-0.4, -0.2) is 23.2 Å². The topological polar surface area (TPSA) is 77.2 Å². The van der Waals surface area contributed by atoms with E-state index in [-0.39, 0.29) is 17.9 Å². The minimum Gasteiger partial charge on any atom is -0.496 e. The molecule has 1 amide bonds. The molecule has 6 heteroatoms. The lowest BCUT2D eigenvalue weighted by Crippen LogP contribution is -2.23. The van der Waals surface area contributed by atoms with Gasteiger partial charge in [-0.25, -0.2) is 0 Å². The quantitative estimate of drug-likeness (QED) is 0.716. The van der Waals surface area contributed by atoms with Gasteiger partial charge < -0.3 is 14.6 Å². The summed E-state index contributed by atoms with van der Waals surface area (Å²) < 4.78 is 10.5. The first-order valence-electron chi connectivity index (χ1n) is 9.14. The first-order valence-corrected chi connectivity index (χ1v) is 9.14. The minimum absolute atomic E-state index is 0.0883. The molecule has 0 aliphatic rings. The Morgan fingerprint density at radius 1 is 1.14 bits per heavy atom. The SMILES string of the molecule is COc1ccc(C(=O)NCc2nc(-c3ccc(C(C)(C)C)cc3)no2)cc1C. The summed E-state index contributed by atoms with van der Waals surface area (Å²) in [5, 5.41) is 6.81. The molecule has 2 aromatic carbocycles. The lowest BCUT2D eigenvalue weighted by atomic mass is 9.87. The second-order valence-corrected chi connectivity index (χ2v) is 7.71. The number of rotatable bonds is 5. The Bertz CT molecular complexity index is 969. The molecule has 1 aromatic heterocycles. The fourth-order valence-electron chi connectivity index (χ4n) is 2.84. The maximum absolute atomic E-state index is 12.3. The predicted octanol–water partition coefficient (Wildman–Crippen LogP) is 4.28. The van der Waals surface area contributed by atoms with E-state index in [0.717, 1.165) is 16.9 Å². The monoisotopic (exact) mass is 379 g/mol. The van der Waals surface area contributed by atoms with Crippen molar-refractivity contribution in [2.24, 2.45) is 0 Å². The molecule has 0 atom stereocenters. The Hall–Kier alpha value is -3.15. The van der Waals surface area contributed by atoms with Crippen molar-refractivity contribution in [2.45, 2.75) is 39.7 Å². The van der Waals surface area contributed by atoms with Gasteiger partial charge in [-0.15, -0.1) is 0 Å². The van der Waals surface area contributed by atoms with Gasteiger partial charge in [-0.2, -0.15) is 4.98 Å². The van der Waals surface area contributed by atoms with Crippen molar-refractivity contribution in [3.8, 4) is 17.1 Å². The fourth-order valence-corrected chi connectivity index (χ4v) is 2.84. The molecule has 0 aliphatic heterocycles. The van der Waals surface area contributed by atoms with Crippen LogP contribution in [-0.2, 0) is 12.0 Å². The summed E-state index contributed by atoms with van der Waals surface area (Å²) in [6.07, 6.45) is 0. The van der Waals surface area contributed by atoms with Crippen LogP contribution in [0.3, 0.4) is 0 Å². The highest BCUT2D eigenvalue weighted by molar-refractivity contribution is 5.94. The molecular formula is C22H25N3O3. The van der Waals surface area contributed by atoms with E-state index in [9.17, 15) is 4.79 Å². The third-order valence-electron chi connectivity index (χ3n) is 4.53. The summed E-state index contributed by atoms with van der Waals surface area (Å²) in [5.74, 6) is 1.40. The molecule has 0 radical (unpaired) electrons. The third kappa shape index (κ3) is 4.39. The Morgan fingerprint density at radius 3 is 2.46 bits per heavy atom. The van der Waals surface area contributed by atoms with E-state index in [4.69, 9.17) is 9.26 Å². The summed E-state index contributed by atoms with van der Waals surface area (Å²) in [6, 6.07) is 13.4. The van der Waals surface area contributed by atoms with Crippen LogP contribution in [0, 0.1) is 6.92 Å². The number of ether oxygens (including phenoxy) is 1. The number of hydrogen-bond acceptors (Lipinski definition) is 5. The molecule has 0 saturated heterocycles. The molecule has 0 bridgehead atoms. The molecule has 1 heterocycles. The molecule has 3 rings (SSSR count). The Labute approximate surface area is 164 Å². The molecule has 1 N–H and O–H groups in total. The Morgan fingerprint density at radius 2 is 1.86 bits per heavy atom. The van der Waals surface area contributed by atoms with Gasteiger partial charge in [0.25, 0.3) is 5.91 Å². The molecule has 0 saturated carbocycles. The van der Waals surface area contributed by atoms with Crippen molar-refractivity contribution in [1.82, 2.24) is 15.5 Å². The van der Waals surface area contributed by atoms with Crippen LogP contribution in [0.4, 0.5) is 0 Å². The Kier molecular flexibility index (Phi) is 5.49. The van der Waals surface area contributed by atoms with Crippen molar-refractivity contribution >= 4 is 5.91 Å². The van der Waals surface area contributed by atoms with E-state index in [2.05, 4.69) is 48.4 Å². The second kappa shape index (κ2) is 7.84. The van der Waals surface area contributed by atoms with E-state index in [0.29, 0.717) is 17.3 Å². The number of amides is 1. The van der Waals surface area contributed by atoms with Crippen molar-refractivity contribution in [3.05, 3.63) is 65.0 Å². The lowest BCUT2D eigenvalue weighted by Gasteiger charge is -2.18. The molecule has 6 nitrogen and oxygen atoms in total. The van der Waals surface area contributed by atoms with Crippen molar-refractivity contribution < 1.29 is 14.1 Å². The van der Waals surface area contributed by atoms with Gasteiger partial charge in [-0.1, -0.05) is 50.2 Å². The zero-order valence-corrected chi connectivity index (χ0v) is 16.9.